The summed E-state index contributed by atoms with van der Waals surface area (Å²) in [6, 6.07) is 9.62. The van der Waals surface area contributed by atoms with E-state index in [2.05, 4.69) is 25.3 Å². The van der Waals surface area contributed by atoms with Gasteiger partial charge in [-0.15, -0.1) is 0 Å². The van der Waals surface area contributed by atoms with Gasteiger partial charge < -0.3 is 24.5 Å². The van der Waals surface area contributed by atoms with Crippen molar-refractivity contribution in [1.29, 1.82) is 0 Å². The zero-order valence-corrected chi connectivity index (χ0v) is 24.8. The number of benzene rings is 1. The van der Waals surface area contributed by atoms with Crippen molar-refractivity contribution in [2.24, 2.45) is 5.16 Å². The summed E-state index contributed by atoms with van der Waals surface area (Å²) in [4.78, 5) is 32.6. The molecule has 0 aliphatic heterocycles. The zero-order valence-electron chi connectivity index (χ0n) is 23.2. The number of nitrogens with one attached hydrogen (secondary N) is 1. The summed E-state index contributed by atoms with van der Waals surface area (Å²) < 4.78 is 30.1. The molecule has 0 bridgehead atoms. The van der Waals surface area contributed by atoms with E-state index in [4.69, 9.17) is 14.7 Å². The third-order valence-corrected chi connectivity index (χ3v) is 8.45. The summed E-state index contributed by atoms with van der Waals surface area (Å²) in [5.41, 5.74) is 0.949. The summed E-state index contributed by atoms with van der Waals surface area (Å²) in [5.74, 6) is 0.166. The van der Waals surface area contributed by atoms with Gasteiger partial charge >= 0.3 is 0 Å². The van der Waals surface area contributed by atoms with Crippen molar-refractivity contribution in [3.63, 3.8) is 0 Å². The molecule has 1 aromatic carbocycles. The van der Waals surface area contributed by atoms with Gasteiger partial charge in [-0.1, -0.05) is 28.6 Å². The SMILES string of the molecule is COCCCS(=O)(=O)c1ccc(/C(=N\OCCCO)C(=O)Nc2nc3ccc(N(C)CCN(C)C)nc3s2)cc1. The number of sulfone groups is 1. The number of nitrogens with zero attached hydrogens (tertiary/aromatic N) is 5. The van der Waals surface area contributed by atoms with E-state index in [-0.39, 0.29) is 29.6 Å². The molecule has 0 saturated carbocycles. The Labute approximate surface area is 238 Å². The van der Waals surface area contributed by atoms with Crippen molar-refractivity contribution in [2.45, 2.75) is 17.7 Å². The van der Waals surface area contributed by atoms with Crippen LogP contribution in [0.3, 0.4) is 0 Å². The van der Waals surface area contributed by atoms with Gasteiger partial charge in [-0.2, -0.15) is 0 Å². The molecule has 0 saturated heterocycles. The molecule has 2 N–H and O–H groups in total. The Morgan fingerprint density at radius 3 is 2.48 bits per heavy atom. The van der Waals surface area contributed by atoms with Crippen LogP contribution in [-0.4, -0.2) is 107 Å². The van der Waals surface area contributed by atoms with Crippen LogP contribution in [0.5, 0.6) is 0 Å². The number of aromatic nitrogens is 2. The Hall–Kier alpha value is -3.17. The number of hydrogen-bond donors (Lipinski definition) is 2. The smallest absolute Gasteiger partial charge is 0.280 e. The molecule has 12 nitrogen and oxygen atoms in total. The first kappa shape index (κ1) is 31.4. The van der Waals surface area contributed by atoms with Crippen molar-refractivity contribution in [3.05, 3.63) is 42.0 Å². The van der Waals surface area contributed by atoms with Crippen LogP contribution in [0.2, 0.25) is 0 Å². The predicted molar refractivity (Wildman–Crippen MR) is 157 cm³/mol. The number of thiazole rings is 1. The Balaban J connectivity index is 1.80. The molecule has 3 aromatic rings. The first-order valence-electron chi connectivity index (χ1n) is 12.7. The third kappa shape index (κ3) is 8.93. The van der Waals surface area contributed by atoms with E-state index in [0.29, 0.717) is 40.5 Å². The first-order valence-corrected chi connectivity index (χ1v) is 15.2. The van der Waals surface area contributed by atoms with Crippen LogP contribution in [0.25, 0.3) is 10.3 Å². The molecule has 0 atom stereocenters. The van der Waals surface area contributed by atoms with E-state index < -0.39 is 15.7 Å². The van der Waals surface area contributed by atoms with Gasteiger partial charge in [0.05, 0.1) is 10.6 Å². The normalized spacial score (nSPS) is 12.2. The molecule has 218 valence electrons. The standard InChI is InChI=1S/C26H36N6O6S2/c1-31(2)13-14-32(3)22-12-11-21-25(28-22)39-26(27-21)29-24(34)23(30-38-17-5-15-33)19-7-9-20(10-8-19)40(35,36)18-6-16-37-4/h7-12,33H,5-6,13-18H2,1-4H3,(H,27,29,34)/b30-23+. The summed E-state index contributed by atoms with van der Waals surface area (Å²) in [5, 5.41) is 16.1. The fraction of sp³-hybridized carbons (Fsp3) is 0.462. The second-order valence-corrected chi connectivity index (χ2v) is 12.3. The maximum absolute atomic E-state index is 13.3. The second-order valence-electron chi connectivity index (χ2n) is 9.23. The highest BCUT2D eigenvalue weighted by molar-refractivity contribution is 7.91. The molecule has 2 aromatic heterocycles. The van der Waals surface area contributed by atoms with Gasteiger partial charge in [0.2, 0.25) is 0 Å². The van der Waals surface area contributed by atoms with E-state index in [0.717, 1.165) is 18.9 Å². The number of oxime groups is 1. The Bertz CT molecular complexity index is 1390. The van der Waals surface area contributed by atoms with Crippen LogP contribution < -0.4 is 10.2 Å². The molecule has 14 heteroatoms. The highest BCUT2D eigenvalue weighted by Crippen LogP contribution is 2.27. The molecule has 3 rings (SSSR count). The molecular weight excluding hydrogens is 556 g/mol. The molecule has 0 radical (unpaired) electrons. The lowest BCUT2D eigenvalue weighted by Crippen LogP contribution is -2.28. The maximum Gasteiger partial charge on any atom is 0.280 e. The lowest BCUT2D eigenvalue weighted by atomic mass is 10.1. The van der Waals surface area contributed by atoms with Crippen LogP contribution in [0.1, 0.15) is 18.4 Å². The number of fused-ring (bicyclic) bond motifs is 1. The predicted octanol–water partition coefficient (Wildman–Crippen LogP) is 2.24. The molecule has 0 unspecified atom stereocenters. The third-order valence-electron chi connectivity index (χ3n) is 5.75. The number of ether oxygens (including phenoxy) is 1. The molecule has 0 aliphatic carbocycles. The maximum atomic E-state index is 13.3. The largest absolute Gasteiger partial charge is 0.396 e. The minimum absolute atomic E-state index is 0.0509. The van der Waals surface area contributed by atoms with Gasteiger partial charge in [0.1, 0.15) is 22.8 Å². The lowest BCUT2D eigenvalue weighted by Gasteiger charge is -2.20. The minimum Gasteiger partial charge on any atom is -0.396 e. The topological polar surface area (TPSA) is 147 Å². The van der Waals surface area contributed by atoms with Crippen LogP contribution in [0.4, 0.5) is 10.9 Å². The molecule has 0 fully saturated rings. The van der Waals surface area contributed by atoms with Crippen molar-refractivity contribution < 1.29 is 27.9 Å². The number of methoxy groups -OCH3 is 1. The molecule has 40 heavy (non-hydrogen) atoms. The van der Waals surface area contributed by atoms with Gasteiger partial charge in [-0.25, -0.2) is 18.4 Å². The van der Waals surface area contributed by atoms with Crippen LogP contribution >= 0.6 is 11.3 Å². The summed E-state index contributed by atoms with van der Waals surface area (Å²) in [7, 11) is 4.01. The fourth-order valence-corrected chi connectivity index (χ4v) is 5.60. The van der Waals surface area contributed by atoms with Crippen molar-refractivity contribution >= 4 is 54.1 Å². The van der Waals surface area contributed by atoms with Gasteiger partial charge in [0.15, 0.2) is 20.7 Å². The van der Waals surface area contributed by atoms with Gasteiger partial charge in [-0.05, 0) is 44.8 Å². The fourth-order valence-electron chi connectivity index (χ4n) is 3.49. The van der Waals surface area contributed by atoms with Crippen molar-refractivity contribution in [2.75, 3.05) is 77.1 Å². The summed E-state index contributed by atoms with van der Waals surface area (Å²) >= 11 is 1.23. The van der Waals surface area contributed by atoms with E-state index in [9.17, 15) is 13.2 Å². The molecule has 0 spiro atoms. The average Bonchev–Trinajstić information content (AvgIpc) is 3.33. The average molecular weight is 593 g/mol. The number of aliphatic hydroxyl groups is 1. The lowest BCUT2D eigenvalue weighted by molar-refractivity contribution is -0.110. The zero-order chi connectivity index (χ0) is 29.1. The number of rotatable bonds is 16. The number of amides is 1. The van der Waals surface area contributed by atoms with E-state index in [1.165, 1.54) is 42.7 Å². The molecule has 0 aliphatic rings. The molecule has 2 heterocycles. The second kappa shape index (κ2) is 15.0. The highest BCUT2D eigenvalue weighted by atomic mass is 32.2. The number of anilines is 2. The quantitative estimate of drug-likeness (QED) is 0.144. The number of hydrogen-bond acceptors (Lipinski definition) is 12. The van der Waals surface area contributed by atoms with Crippen molar-refractivity contribution in [1.82, 2.24) is 14.9 Å². The monoisotopic (exact) mass is 592 g/mol. The number of likely N-dealkylation sites (N-methyl/N-ethyl adjacent to an activating group) is 2. The number of carbonyl (C=O) groups excluding carboxylic acids is 1. The van der Waals surface area contributed by atoms with E-state index in [1.54, 1.807) is 0 Å². The van der Waals surface area contributed by atoms with Crippen molar-refractivity contribution in [3.8, 4) is 0 Å². The summed E-state index contributed by atoms with van der Waals surface area (Å²) in [6.45, 7) is 2.04. The Kier molecular flexibility index (Phi) is 11.8. The first-order chi connectivity index (χ1) is 19.1. The van der Waals surface area contributed by atoms with E-state index >= 15 is 0 Å². The van der Waals surface area contributed by atoms with Crippen LogP contribution in [0.15, 0.2) is 46.4 Å². The molecular formula is C26H36N6O6S2. The van der Waals surface area contributed by atoms with Crippen LogP contribution in [0, 0.1) is 0 Å². The number of aliphatic hydroxyl groups excluding tert-OH is 1. The van der Waals surface area contributed by atoms with E-state index in [1.807, 2.05) is 38.2 Å². The van der Waals surface area contributed by atoms with Gasteiger partial charge in [0.25, 0.3) is 5.91 Å². The number of pyridine rings is 1. The summed E-state index contributed by atoms with van der Waals surface area (Å²) in [6.07, 6.45) is 0.713. The Morgan fingerprint density at radius 1 is 1.05 bits per heavy atom. The molecule has 1 amide bonds. The number of carbonyl (C=O) groups is 1. The van der Waals surface area contributed by atoms with Gasteiger partial charge in [-0.3, -0.25) is 10.1 Å². The van der Waals surface area contributed by atoms with Crippen LogP contribution in [-0.2, 0) is 24.2 Å². The van der Waals surface area contributed by atoms with Gasteiger partial charge in [0, 0.05) is 52.4 Å². The minimum atomic E-state index is -3.50. The Morgan fingerprint density at radius 2 is 1.80 bits per heavy atom. The highest BCUT2D eigenvalue weighted by Gasteiger charge is 2.20.